The number of nitrogens with zero attached hydrogens (tertiary/aromatic N) is 2. The number of fused-ring (bicyclic) bond motifs is 5. The van der Waals surface area contributed by atoms with E-state index in [1.165, 1.54) is 5.71 Å². The lowest BCUT2D eigenvalue weighted by molar-refractivity contribution is -0.131. The Morgan fingerprint density at radius 3 is 2.72 bits per heavy atom. The van der Waals surface area contributed by atoms with E-state index in [2.05, 4.69) is 29.5 Å². The first kappa shape index (κ1) is 19.5. The van der Waals surface area contributed by atoms with Crippen LogP contribution in [0, 0.1) is 34.5 Å². The molecule has 5 rings (SSSR count). The Morgan fingerprint density at radius 1 is 1.10 bits per heavy atom. The van der Waals surface area contributed by atoms with Gasteiger partial charge in [0, 0.05) is 30.7 Å². The van der Waals surface area contributed by atoms with Gasteiger partial charge in [-0.1, -0.05) is 24.2 Å². The van der Waals surface area contributed by atoms with Crippen LogP contribution in [0.15, 0.2) is 10.3 Å². The summed E-state index contributed by atoms with van der Waals surface area (Å²) in [4.78, 5) is 18.5. The van der Waals surface area contributed by atoms with Gasteiger partial charge in [-0.2, -0.15) is 0 Å². The largest absolute Gasteiger partial charge is 0.411 e. The van der Waals surface area contributed by atoms with Gasteiger partial charge in [0.1, 0.15) is 11.9 Å². The quantitative estimate of drug-likeness (QED) is 0.545. The van der Waals surface area contributed by atoms with Crippen molar-refractivity contribution < 1.29 is 14.8 Å². The van der Waals surface area contributed by atoms with Gasteiger partial charge < -0.3 is 15.4 Å². The molecule has 0 aromatic carbocycles. The summed E-state index contributed by atoms with van der Waals surface area (Å²) in [6.45, 7) is 6.54. The highest BCUT2D eigenvalue weighted by Crippen LogP contribution is 2.64. The lowest BCUT2D eigenvalue weighted by atomic mass is 9.45. The van der Waals surface area contributed by atoms with Crippen molar-refractivity contribution in [3.63, 3.8) is 0 Å². The summed E-state index contributed by atoms with van der Waals surface area (Å²) < 4.78 is 0. The van der Waals surface area contributed by atoms with Crippen molar-refractivity contribution >= 4 is 17.2 Å². The normalized spacial score (nSPS) is 49.7. The monoisotopic (exact) mass is 401 g/mol. The fraction of sp³-hybridized carbons (Fsp3) is 0.870. The zero-order valence-corrected chi connectivity index (χ0v) is 17.8. The van der Waals surface area contributed by atoms with E-state index >= 15 is 0 Å². The van der Waals surface area contributed by atoms with Crippen LogP contribution in [0.2, 0.25) is 0 Å². The molecule has 0 bridgehead atoms. The Kier molecular flexibility index (Phi) is 4.76. The zero-order valence-electron chi connectivity index (χ0n) is 17.8. The third kappa shape index (κ3) is 2.96. The number of hydrogen-bond donors (Lipinski definition) is 2. The molecule has 1 heterocycles. The van der Waals surface area contributed by atoms with E-state index in [0.717, 1.165) is 70.2 Å². The molecule has 0 aromatic rings. The van der Waals surface area contributed by atoms with E-state index in [9.17, 15) is 10.0 Å². The molecule has 0 radical (unpaired) electrons. The summed E-state index contributed by atoms with van der Waals surface area (Å²) in [7, 11) is 0. The molecule has 5 fully saturated rings. The maximum absolute atomic E-state index is 12.6. The number of Topliss-reactive ketones (excluding diaryl/α,β-unsaturated/α-hetero) is 1. The molecule has 5 aliphatic rings. The van der Waals surface area contributed by atoms with E-state index in [0.29, 0.717) is 30.0 Å². The van der Waals surface area contributed by atoms with Crippen molar-refractivity contribution in [1.82, 2.24) is 5.32 Å². The number of oxime groups is 2. The Hall–Kier alpha value is -1.43. The van der Waals surface area contributed by atoms with Gasteiger partial charge in [-0.15, -0.1) is 0 Å². The maximum Gasteiger partial charge on any atom is 0.141 e. The summed E-state index contributed by atoms with van der Waals surface area (Å²) in [6, 6.07) is 0. The summed E-state index contributed by atoms with van der Waals surface area (Å²) >= 11 is 0. The predicted molar refractivity (Wildman–Crippen MR) is 111 cm³/mol. The number of hydrogen-bond acceptors (Lipinski definition) is 6. The number of rotatable bonds is 2. The van der Waals surface area contributed by atoms with Crippen LogP contribution in [0.4, 0.5) is 0 Å². The second kappa shape index (κ2) is 7.07. The second-order valence-electron chi connectivity index (χ2n) is 10.7. The van der Waals surface area contributed by atoms with E-state index in [1.54, 1.807) is 0 Å². The van der Waals surface area contributed by atoms with Crippen molar-refractivity contribution in [3.05, 3.63) is 0 Å². The molecule has 0 amide bonds. The van der Waals surface area contributed by atoms with Crippen LogP contribution in [-0.4, -0.2) is 41.6 Å². The first-order chi connectivity index (χ1) is 14.0. The summed E-state index contributed by atoms with van der Waals surface area (Å²) in [5, 5.41) is 21.6. The van der Waals surface area contributed by atoms with Gasteiger partial charge in [0.25, 0.3) is 0 Å². The van der Waals surface area contributed by atoms with Gasteiger partial charge >= 0.3 is 0 Å². The minimum absolute atomic E-state index is 0.204. The fourth-order valence-corrected chi connectivity index (χ4v) is 7.59. The third-order valence-corrected chi connectivity index (χ3v) is 9.51. The third-order valence-electron chi connectivity index (χ3n) is 9.51. The van der Waals surface area contributed by atoms with E-state index < -0.39 is 0 Å². The first-order valence-corrected chi connectivity index (χ1v) is 11.6. The van der Waals surface area contributed by atoms with Crippen molar-refractivity contribution in [1.29, 1.82) is 0 Å². The molecule has 160 valence electrons. The van der Waals surface area contributed by atoms with Crippen LogP contribution in [0.3, 0.4) is 0 Å². The van der Waals surface area contributed by atoms with Gasteiger partial charge in [0.05, 0.1) is 11.4 Å². The molecule has 2 N–H and O–H groups in total. The molecule has 1 aliphatic heterocycles. The molecule has 1 saturated heterocycles. The van der Waals surface area contributed by atoms with Gasteiger partial charge in [-0.3, -0.25) is 4.79 Å². The lowest BCUT2D eigenvalue weighted by Gasteiger charge is -2.59. The van der Waals surface area contributed by atoms with Gasteiger partial charge in [0.15, 0.2) is 0 Å². The Balaban J connectivity index is 1.38. The zero-order chi connectivity index (χ0) is 20.2. The molecule has 4 saturated carbocycles. The highest BCUT2D eigenvalue weighted by Gasteiger charge is 2.62. The van der Waals surface area contributed by atoms with Crippen LogP contribution in [0.1, 0.15) is 71.6 Å². The van der Waals surface area contributed by atoms with Crippen LogP contribution in [-0.2, 0) is 9.63 Å². The molecule has 0 spiro atoms. The summed E-state index contributed by atoms with van der Waals surface area (Å²) in [5.41, 5.74) is 2.15. The minimum atomic E-state index is -0.204. The average Bonchev–Trinajstić information content (AvgIpc) is 3.34. The lowest BCUT2D eigenvalue weighted by Crippen LogP contribution is -2.57. The van der Waals surface area contributed by atoms with Crippen LogP contribution < -0.4 is 5.32 Å². The molecule has 6 nitrogen and oxygen atoms in total. The van der Waals surface area contributed by atoms with E-state index in [-0.39, 0.29) is 22.9 Å². The topological polar surface area (TPSA) is 83.3 Å². The van der Waals surface area contributed by atoms with Crippen molar-refractivity contribution in [3.8, 4) is 0 Å². The molecule has 29 heavy (non-hydrogen) atoms. The molecule has 7 atom stereocenters. The molecular formula is C23H35N3O3. The Bertz CT molecular complexity index is 744. The van der Waals surface area contributed by atoms with Crippen molar-refractivity contribution in [2.24, 2.45) is 44.8 Å². The number of carbonyl (C=O) groups excluding carboxylic acids is 1. The molecule has 0 aromatic heterocycles. The highest BCUT2D eigenvalue weighted by atomic mass is 16.6. The smallest absolute Gasteiger partial charge is 0.141 e. The molecular weight excluding hydrogens is 366 g/mol. The van der Waals surface area contributed by atoms with Crippen LogP contribution >= 0.6 is 0 Å². The maximum atomic E-state index is 12.6. The Labute approximate surface area is 173 Å². The first-order valence-electron chi connectivity index (χ1n) is 11.6. The number of ketones is 1. The number of nitrogens with one attached hydrogen (secondary N) is 1. The molecule has 4 aliphatic carbocycles. The summed E-state index contributed by atoms with van der Waals surface area (Å²) in [6.07, 6.45) is 8.88. The SMILES string of the molecule is C[C@]12CCC(=NO[C@@H]3CCNC3)C[C@@H]1C/C(=N\O)[C@@H]1[C@@H]2CC[C@]2(C)C(=O)CC[C@@H]12. The van der Waals surface area contributed by atoms with Gasteiger partial charge in [0.2, 0.25) is 0 Å². The van der Waals surface area contributed by atoms with Gasteiger partial charge in [-0.05, 0) is 74.7 Å². The fourth-order valence-electron chi connectivity index (χ4n) is 7.59. The predicted octanol–water partition coefficient (Wildman–Crippen LogP) is 3.77. The average molecular weight is 402 g/mol. The minimum Gasteiger partial charge on any atom is -0.411 e. The summed E-state index contributed by atoms with van der Waals surface area (Å²) in [5.74, 6) is 2.02. The van der Waals surface area contributed by atoms with Crippen molar-refractivity contribution in [2.75, 3.05) is 13.1 Å². The molecule has 0 unspecified atom stereocenters. The van der Waals surface area contributed by atoms with Gasteiger partial charge in [-0.25, -0.2) is 0 Å². The standard InChI is InChI=1S/C23H35N3O3/c1-22-8-5-15(26-29-16-7-10-24-13-16)11-14(22)12-19(25-28)21-17-3-4-20(27)23(17,2)9-6-18(21)22/h14,16-18,21,24,28H,3-13H2,1-2H3/b25-19+,26-15?/t14-,16-,17+,18+,21+,22+,23+/m1/s1. The van der Waals surface area contributed by atoms with Crippen molar-refractivity contribution in [2.45, 2.75) is 77.7 Å². The van der Waals surface area contributed by atoms with Crippen LogP contribution in [0.5, 0.6) is 0 Å². The second-order valence-corrected chi connectivity index (χ2v) is 10.7. The van der Waals surface area contributed by atoms with E-state index in [4.69, 9.17) is 4.84 Å². The Morgan fingerprint density at radius 2 is 1.97 bits per heavy atom. The highest BCUT2D eigenvalue weighted by molar-refractivity contribution is 5.94. The number of carbonyl (C=O) groups is 1. The molecule has 6 heteroatoms. The van der Waals surface area contributed by atoms with Crippen LogP contribution in [0.25, 0.3) is 0 Å². The van der Waals surface area contributed by atoms with E-state index in [1.807, 2.05) is 0 Å².